The fourth-order valence-electron chi connectivity index (χ4n) is 2.90. The van der Waals surface area contributed by atoms with Crippen molar-refractivity contribution < 1.29 is 9.53 Å². The maximum absolute atomic E-state index is 12.2. The van der Waals surface area contributed by atoms with Gasteiger partial charge in [0.25, 0.3) is 5.91 Å². The second-order valence-corrected chi connectivity index (χ2v) is 6.67. The smallest absolute Gasteiger partial charge is 0.251 e. The third kappa shape index (κ3) is 3.94. The second kappa shape index (κ2) is 8.15. The molecule has 0 bridgehead atoms. The Morgan fingerprint density at radius 1 is 1.19 bits per heavy atom. The molecular weight excluding hydrogens is 326 g/mol. The van der Waals surface area contributed by atoms with Crippen LogP contribution in [0.25, 0.3) is 16.7 Å². The summed E-state index contributed by atoms with van der Waals surface area (Å²) in [5, 5.41) is 2.90. The molecule has 0 aliphatic heterocycles. The topological polar surface area (TPSA) is 56.1 Å². The molecule has 0 aliphatic carbocycles. The minimum absolute atomic E-state index is 0.0844. The fourth-order valence-corrected chi connectivity index (χ4v) is 2.90. The van der Waals surface area contributed by atoms with Gasteiger partial charge in [0.1, 0.15) is 6.33 Å². The average Bonchev–Trinajstić information content (AvgIpc) is 3.08. The number of nitrogens with zero attached hydrogens (tertiary/aromatic N) is 2. The van der Waals surface area contributed by atoms with E-state index in [-0.39, 0.29) is 5.91 Å². The van der Waals surface area contributed by atoms with E-state index in [1.807, 2.05) is 22.8 Å². The number of aromatic nitrogens is 2. The van der Waals surface area contributed by atoms with Crippen LogP contribution in [0.1, 0.15) is 42.1 Å². The first-order chi connectivity index (χ1) is 12.6. The van der Waals surface area contributed by atoms with Crippen LogP contribution in [0.15, 0.2) is 48.8 Å². The van der Waals surface area contributed by atoms with E-state index in [0.717, 1.165) is 23.1 Å². The summed E-state index contributed by atoms with van der Waals surface area (Å²) in [5.41, 5.74) is 4.79. The molecule has 3 aromatic rings. The minimum atomic E-state index is -0.0844. The van der Waals surface area contributed by atoms with E-state index in [9.17, 15) is 4.79 Å². The van der Waals surface area contributed by atoms with Crippen molar-refractivity contribution in [1.29, 1.82) is 0 Å². The lowest BCUT2D eigenvalue weighted by atomic mass is 10.0. The normalized spacial score (nSPS) is 11.2. The fraction of sp³-hybridized carbons (Fsp3) is 0.333. The molecule has 5 heteroatoms. The van der Waals surface area contributed by atoms with Crippen molar-refractivity contribution in [1.82, 2.24) is 14.9 Å². The van der Waals surface area contributed by atoms with Crippen LogP contribution in [0.3, 0.4) is 0 Å². The number of ether oxygens (including phenoxy) is 1. The number of hydrogen-bond donors (Lipinski definition) is 1. The van der Waals surface area contributed by atoms with Crippen molar-refractivity contribution >= 4 is 16.9 Å². The van der Waals surface area contributed by atoms with Gasteiger partial charge in [-0.15, -0.1) is 0 Å². The van der Waals surface area contributed by atoms with Gasteiger partial charge in [-0.3, -0.25) is 9.36 Å². The van der Waals surface area contributed by atoms with E-state index in [4.69, 9.17) is 4.74 Å². The maximum atomic E-state index is 12.2. The van der Waals surface area contributed by atoms with Gasteiger partial charge >= 0.3 is 0 Å². The van der Waals surface area contributed by atoms with Crippen molar-refractivity contribution in [3.8, 4) is 5.69 Å². The number of carbonyl (C=O) groups is 1. The lowest BCUT2D eigenvalue weighted by molar-refractivity contribution is 0.0948. The van der Waals surface area contributed by atoms with Crippen LogP contribution >= 0.6 is 0 Å². The minimum Gasteiger partial charge on any atom is -0.385 e. The first-order valence-corrected chi connectivity index (χ1v) is 8.94. The first kappa shape index (κ1) is 18.1. The Bertz CT molecular complexity index is 882. The molecule has 0 unspecified atom stereocenters. The summed E-state index contributed by atoms with van der Waals surface area (Å²) < 4.78 is 7.03. The van der Waals surface area contributed by atoms with Crippen LogP contribution < -0.4 is 5.32 Å². The van der Waals surface area contributed by atoms with Crippen LogP contribution in [0.2, 0.25) is 0 Å². The summed E-state index contributed by atoms with van der Waals surface area (Å²) in [4.78, 5) is 16.7. The maximum Gasteiger partial charge on any atom is 0.251 e. The predicted octanol–water partition coefficient (Wildman–Crippen LogP) is 3.92. The molecule has 0 aliphatic rings. The van der Waals surface area contributed by atoms with Crippen molar-refractivity contribution in [2.24, 2.45) is 0 Å². The summed E-state index contributed by atoms with van der Waals surface area (Å²) in [7, 11) is 1.66. The first-order valence-electron chi connectivity index (χ1n) is 8.94. The monoisotopic (exact) mass is 351 g/mol. The summed E-state index contributed by atoms with van der Waals surface area (Å²) in [5.74, 6) is 0.424. The van der Waals surface area contributed by atoms with Gasteiger partial charge < -0.3 is 10.1 Å². The van der Waals surface area contributed by atoms with Gasteiger partial charge in [0, 0.05) is 31.5 Å². The van der Waals surface area contributed by atoms with Gasteiger partial charge in [-0.1, -0.05) is 26.0 Å². The predicted molar refractivity (Wildman–Crippen MR) is 104 cm³/mol. The lowest BCUT2D eigenvalue weighted by Crippen LogP contribution is -2.25. The molecule has 0 spiro atoms. The number of rotatable bonds is 7. The molecular formula is C21H25N3O2. The van der Waals surface area contributed by atoms with Gasteiger partial charge in [-0.05, 0) is 48.2 Å². The van der Waals surface area contributed by atoms with Gasteiger partial charge in [0.05, 0.1) is 11.0 Å². The molecule has 2 aromatic carbocycles. The highest BCUT2D eigenvalue weighted by molar-refractivity contribution is 5.97. The third-order valence-electron chi connectivity index (χ3n) is 4.46. The number of methoxy groups -OCH3 is 1. The molecule has 5 nitrogen and oxygen atoms in total. The Morgan fingerprint density at radius 2 is 1.96 bits per heavy atom. The zero-order valence-electron chi connectivity index (χ0n) is 15.5. The molecule has 1 amide bonds. The highest BCUT2D eigenvalue weighted by Crippen LogP contribution is 2.22. The standard InChI is InChI=1S/C21H25N3O2/c1-15(2)16-5-8-18(9-6-16)24-14-23-19-13-17(7-10-20(19)24)21(25)22-11-4-12-26-3/h5-10,13-15H,4,11-12H2,1-3H3,(H,22,25). The number of imidazole rings is 1. The van der Waals surface area contributed by atoms with E-state index < -0.39 is 0 Å². The number of carbonyl (C=O) groups excluding carboxylic acids is 1. The Hall–Kier alpha value is -2.66. The van der Waals surface area contributed by atoms with E-state index in [2.05, 4.69) is 48.4 Å². The van der Waals surface area contributed by atoms with Gasteiger partial charge in [0.2, 0.25) is 0 Å². The number of fused-ring (bicyclic) bond motifs is 1. The number of benzene rings is 2. The summed E-state index contributed by atoms with van der Waals surface area (Å²) >= 11 is 0. The quantitative estimate of drug-likeness (QED) is 0.657. The van der Waals surface area contributed by atoms with Crippen LogP contribution in [-0.4, -0.2) is 35.7 Å². The molecule has 0 atom stereocenters. The zero-order chi connectivity index (χ0) is 18.5. The van der Waals surface area contributed by atoms with E-state index >= 15 is 0 Å². The SMILES string of the molecule is COCCCNC(=O)c1ccc2c(c1)ncn2-c1ccc(C(C)C)cc1. The van der Waals surface area contributed by atoms with Crippen LogP contribution in [0, 0.1) is 0 Å². The number of nitrogens with one attached hydrogen (secondary N) is 1. The zero-order valence-corrected chi connectivity index (χ0v) is 15.5. The third-order valence-corrected chi connectivity index (χ3v) is 4.46. The second-order valence-electron chi connectivity index (χ2n) is 6.67. The molecule has 0 radical (unpaired) electrons. The summed E-state index contributed by atoms with van der Waals surface area (Å²) in [6.07, 6.45) is 2.60. The Morgan fingerprint density at radius 3 is 2.65 bits per heavy atom. The average molecular weight is 351 g/mol. The molecule has 3 rings (SSSR count). The largest absolute Gasteiger partial charge is 0.385 e. The van der Waals surface area contributed by atoms with Gasteiger partial charge in [-0.25, -0.2) is 4.98 Å². The van der Waals surface area contributed by atoms with Crippen molar-refractivity contribution in [2.45, 2.75) is 26.2 Å². The number of hydrogen-bond acceptors (Lipinski definition) is 3. The number of amides is 1. The summed E-state index contributed by atoms with van der Waals surface area (Å²) in [6, 6.07) is 14.1. The molecule has 1 N–H and O–H groups in total. The molecule has 26 heavy (non-hydrogen) atoms. The van der Waals surface area contributed by atoms with Crippen LogP contribution in [0.5, 0.6) is 0 Å². The molecule has 1 heterocycles. The lowest BCUT2D eigenvalue weighted by Gasteiger charge is -2.09. The van der Waals surface area contributed by atoms with Crippen molar-refractivity contribution in [3.63, 3.8) is 0 Å². The molecule has 0 saturated carbocycles. The van der Waals surface area contributed by atoms with E-state index in [0.29, 0.717) is 24.6 Å². The van der Waals surface area contributed by atoms with Crippen molar-refractivity contribution in [3.05, 3.63) is 59.9 Å². The van der Waals surface area contributed by atoms with Crippen LogP contribution in [-0.2, 0) is 4.74 Å². The molecule has 136 valence electrons. The Balaban J connectivity index is 1.79. The Kier molecular flexibility index (Phi) is 5.68. The molecule has 1 aromatic heterocycles. The van der Waals surface area contributed by atoms with Crippen molar-refractivity contribution in [2.75, 3.05) is 20.3 Å². The molecule has 0 saturated heterocycles. The van der Waals surface area contributed by atoms with E-state index in [1.54, 1.807) is 13.4 Å². The molecule has 0 fully saturated rings. The highest BCUT2D eigenvalue weighted by atomic mass is 16.5. The summed E-state index contributed by atoms with van der Waals surface area (Å²) in [6.45, 7) is 5.60. The van der Waals surface area contributed by atoms with Gasteiger partial charge in [-0.2, -0.15) is 0 Å². The van der Waals surface area contributed by atoms with Gasteiger partial charge in [0.15, 0.2) is 0 Å². The van der Waals surface area contributed by atoms with Crippen LogP contribution in [0.4, 0.5) is 0 Å². The van der Waals surface area contributed by atoms with E-state index in [1.165, 1.54) is 5.56 Å². The highest BCUT2D eigenvalue weighted by Gasteiger charge is 2.10. The Labute approximate surface area is 154 Å².